The Labute approximate surface area is 141 Å². The van der Waals surface area contributed by atoms with Gasteiger partial charge in [-0.3, -0.25) is 9.78 Å². The minimum absolute atomic E-state index is 0.0814. The number of carbonyl (C=O) groups excluding carboxylic acids is 1. The summed E-state index contributed by atoms with van der Waals surface area (Å²) in [5.74, 6) is -0.184. The number of aliphatic hydroxyl groups excluding tert-OH is 1. The molecule has 128 valence electrons. The molecule has 0 unspecified atom stereocenters. The van der Waals surface area contributed by atoms with Crippen molar-refractivity contribution in [1.82, 2.24) is 10.3 Å². The van der Waals surface area contributed by atoms with E-state index in [4.69, 9.17) is 5.11 Å². The highest BCUT2D eigenvalue weighted by Crippen LogP contribution is 2.40. The molecule has 0 spiro atoms. The third-order valence-electron chi connectivity index (χ3n) is 4.55. The minimum Gasteiger partial charge on any atom is -0.396 e. The maximum Gasteiger partial charge on any atom is 0.252 e. The summed E-state index contributed by atoms with van der Waals surface area (Å²) in [5.41, 5.74) is 1.84. The van der Waals surface area contributed by atoms with E-state index in [9.17, 15) is 9.18 Å². The third kappa shape index (κ3) is 3.73. The number of aromatic nitrogens is 1. The Morgan fingerprint density at radius 3 is 2.79 bits per heavy atom. The first-order valence-corrected chi connectivity index (χ1v) is 8.39. The Morgan fingerprint density at radius 2 is 2.12 bits per heavy atom. The molecule has 0 bridgehead atoms. The first-order chi connectivity index (χ1) is 11.4. The Kier molecular flexibility index (Phi) is 4.54. The van der Waals surface area contributed by atoms with Crippen LogP contribution >= 0.6 is 0 Å². The number of aliphatic hydroxyl groups is 1. The van der Waals surface area contributed by atoms with Crippen LogP contribution in [-0.2, 0) is 0 Å². The van der Waals surface area contributed by atoms with Gasteiger partial charge in [-0.15, -0.1) is 0 Å². The molecule has 5 heteroatoms. The molecule has 1 heterocycles. The molecular weight excluding hydrogens is 307 g/mol. The van der Waals surface area contributed by atoms with Gasteiger partial charge in [-0.05, 0) is 48.9 Å². The largest absolute Gasteiger partial charge is 0.396 e. The number of nitrogens with one attached hydrogen (secondary N) is 1. The van der Waals surface area contributed by atoms with Crippen molar-refractivity contribution in [2.75, 3.05) is 13.2 Å². The summed E-state index contributed by atoms with van der Waals surface area (Å²) >= 11 is 0. The van der Waals surface area contributed by atoms with Gasteiger partial charge < -0.3 is 10.4 Å². The van der Waals surface area contributed by atoms with Gasteiger partial charge in [0.25, 0.3) is 5.91 Å². The molecule has 0 radical (unpaired) electrons. The summed E-state index contributed by atoms with van der Waals surface area (Å²) in [6, 6.07) is 6.17. The molecule has 1 aromatic heterocycles. The molecule has 4 nitrogen and oxygen atoms in total. The number of rotatable bonds is 6. The van der Waals surface area contributed by atoms with Crippen LogP contribution in [0.2, 0.25) is 0 Å². The van der Waals surface area contributed by atoms with Crippen LogP contribution in [-0.4, -0.2) is 29.1 Å². The van der Waals surface area contributed by atoms with Crippen LogP contribution in [0.5, 0.6) is 0 Å². The van der Waals surface area contributed by atoms with E-state index in [1.165, 1.54) is 12.1 Å². The van der Waals surface area contributed by atoms with Crippen LogP contribution < -0.4 is 5.32 Å². The first kappa shape index (κ1) is 16.8. The number of carbonyl (C=O) groups is 1. The van der Waals surface area contributed by atoms with Crippen molar-refractivity contribution in [3.63, 3.8) is 0 Å². The zero-order chi connectivity index (χ0) is 17.3. The summed E-state index contributed by atoms with van der Waals surface area (Å²) in [5, 5.41) is 12.6. The molecule has 1 fully saturated rings. The third-order valence-corrected chi connectivity index (χ3v) is 4.55. The van der Waals surface area contributed by atoms with Gasteiger partial charge in [-0.1, -0.05) is 13.8 Å². The van der Waals surface area contributed by atoms with Crippen molar-refractivity contribution in [3.05, 3.63) is 41.3 Å². The smallest absolute Gasteiger partial charge is 0.252 e. The van der Waals surface area contributed by atoms with Gasteiger partial charge >= 0.3 is 0 Å². The van der Waals surface area contributed by atoms with Gasteiger partial charge in [0.2, 0.25) is 0 Å². The first-order valence-electron chi connectivity index (χ1n) is 8.39. The van der Waals surface area contributed by atoms with Crippen molar-refractivity contribution in [2.24, 2.45) is 5.41 Å². The second-order valence-electron chi connectivity index (χ2n) is 7.35. The monoisotopic (exact) mass is 330 g/mol. The van der Waals surface area contributed by atoms with Crippen LogP contribution in [0.1, 0.15) is 55.1 Å². The second kappa shape index (κ2) is 6.48. The van der Waals surface area contributed by atoms with Crippen LogP contribution in [0, 0.1) is 11.2 Å². The van der Waals surface area contributed by atoms with Crippen molar-refractivity contribution in [2.45, 2.75) is 39.0 Å². The highest BCUT2D eigenvalue weighted by Gasteiger charge is 2.27. The maximum absolute atomic E-state index is 13.6. The summed E-state index contributed by atoms with van der Waals surface area (Å²) in [7, 11) is 0. The molecule has 3 rings (SSSR count). The maximum atomic E-state index is 13.6. The number of hydrogen-bond acceptors (Lipinski definition) is 3. The summed E-state index contributed by atoms with van der Waals surface area (Å²) < 4.78 is 13.6. The Bertz CT molecular complexity index is 769. The lowest BCUT2D eigenvalue weighted by Crippen LogP contribution is -2.34. The molecule has 2 aromatic rings. The van der Waals surface area contributed by atoms with E-state index < -0.39 is 0 Å². The lowest BCUT2D eigenvalue weighted by Gasteiger charge is -2.24. The normalized spacial score (nSPS) is 14.8. The molecular formula is C19H23FN2O2. The predicted octanol–water partition coefficient (Wildman–Crippen LogP) is 3.39. The van der Waals surface area contributed by atoms with E-state index in [-0.39, 0.29) is 23.7 Å². The SMILES string of the molecule is CC(C)(CCO)CNC(=O)c1cc(C2CC2)nc2ccc(F)cc12. The summed E-state index contributed by atoms with van der Waals surface area (Å²) in [6.45, 7) is 4.51. The Morgan fingerprint density at radius 1 is 1.38 bits per heavy atom. The average molecular weight is 330 g/mol. The molecule has 0 atom stereocenters. The molecule has 0 aliphatic heterocycles. The zero-order valence-electron chi connectivity index (χ0n) is 14.1. The standard InChI is InChI=1S/C19H23FN2O2/c1-19(2,7-8-23)11-21-18(24)15-10-17(12-3-4-12)22-16-6-5-13(20)9-14(15)16/h5-6,9-10,12,23H,3-4,7-8,11H2,1-2H3,(H,21,24). The van der Waals surface area contributed by atoms with Crippen LogP contribution in [0.3, 0.4) is 0 Å². The topological polar surface area (TPSA) is 62.2 Å². The van der Waals surface area contributed by atoms with Crippen molar-refractivity contribution < 1.29 is 14.3 Å². The molecule has 0 saturated heterocycles. The van der Waals surface area contributed by atoms with Crippen LogP contribution in [0.25, 0.3) is 10.9 Å². The number of benzene rings is 1. The Hall–Kier alpha value is -2.01. The van der Waals surface area contributed by atoms with Gasteiger partial charge in [0.15, 0.2) is 0 Å². The number of amides is 1. The van der Waals surface area contributed by atoms with Crippen LogP contribution in [0.15, 0.2) is 24.3 Å². The van der Waals surface area contributed by atoms with Gasteiger partial charge in [-0.25, -0.2) is 4.39 Å². The number of hydrogen-bond donors (Lipinski definition) is 2. The number of nitrogens with zero attached hydrogens (tertiary/aromatic N) is 1. The molecule has 2 N–H and O–H groups in total. The highest BCUT2D eigenvalue weighted by atomic mass is 19.1. The van der Waals surface area contributed by atoms with E-state index in [1.54, 1.807) is 12.1 Å². The fourth-order valence-corrected chi connectivity index (χ4v) is 2.80. The number of pyridine rings is 1. The van der Waals surface area contributed by atoms with Gasteiger partial charge in [-0.2, -0.15) is 0 Å². The van der Waals surface area contributed by atoms with E-state index in [0.717, 1.165) is 18.5 Å². The lowest BCUT2D eigenvalue weighted by atomic mass is 9.89. The van der Waals surface area contributed by atoms with Crippen molar-refractivity contribution in [1.29, 1.82) is 0 Å². The van der Waals surface area contributed by atoms with Gasteiger partial charge in [0, 0.05) is 30.1 Å². The predicted molar refractivity (Wildman–Crippen MR) is 91.5 cm³/mol. The van der Waals surface area contributed by atoms with Gasteiger partial charge in [0.05, 0.1) is 11.1 Å². The average Bonchev–Trinajstić information content (AvgIpc) is 3.36. The lowest BCUT2D eigenvalue weighted by molar-refractivity contribution is 0.0929. The molecule has 1 amide bonds. The van der Waals surface area contributed by atoms with Crippen LogP contribution in [0.4, 0.5) is 4.39 Å². The highest BCUT2D eigenvalue weighted by molar-refractivity contribution is 6.06. The quantitative estimate of drug-likeness (QED) is 0.853. The molecule has 1 aliphatic rings. The fourth-order valence-electron chi connectivity index (χ4n) is 2.80. The van der Waals surface area contributed by atoms with E-state index in [2.05, 4.69) is 10.3 Å². The minimum atomic E-state index is -0.377. The van der Waals surface area contributed by atoms with Crippen molar-refractivity contribution in [3.8, 4) is 0 Å². The molecule has 1 aliphatic carbocycles. The van der Waals surface area contributed by atoms with E-state index in [1.807, 2.05) is 13.8 Å². The van der Waals surface area contributed by atoms with E-state index in [0.29, 0.717) is 35.3 Å². The Balaban J connectivity index is 1.91. The summed E-state index contributed by atoms with van der Waals surface area (Å²) in [4.78, 5) is 17.3. The van der Waals surface area contributed by atoms with Gasteiger partial charge in [0.1, 0.15) is 5.82 Å². The summed E-state index contributed by atoms with van der Waals surface area (Å²) in [6.07, 6.45) is 2.78. The molecule has 1 saturated carbocycles. The molecule has 1 aromatic carbocycles. The fraction of sp³-hybridized carbons (Fsp3) is 0.474. The molecule has 24 heavy (non-hydrogen) atoms. The van der Waals surface area contributed by atoms with E-state index >= 15 is 0 Å². The van der Waals surface area contributed by atoms with Crippen molar-refractivity contribution >= 4 is 16.8 Å². The zero-order valence-corrected chi connectivity index (χ0v) is 14.1. The number of halogens is 1. The second-order valence-corrected chi connectivity index (χ2v) is 7.35. The number of fused-ring (bicyclic) bond motifs is 1.